The summed E-state index contributed by atoms with van der Waals surface area (Å²) in [7, 11) is 0. The van der Waals surface area contributed by atoms with Gasteiger partial charge in [0.15, 0.2) is 0 Å². The molecule has 1 fully saturated rings. The van der Waals surface area contributed by atoms with E-state index in [0.29, 0.717) is 6.42 Å². The first-order chi connectivity index (χ1) is 8.19. The molecular weight excluding hydrogens is 208 g/mol. The highest BCUT2D eigenvalue weighted by Crippen LogP contribution is 2.28. The summed E-state index contributed by atoms with van der Waals surface area (Å²) in [5.74, 6) is 0. The molecule has 0 unspecified atom stereocenters. The van der Waals surface area contributed by atoms with Crippen LogP contribution in [0, 0.1) is 25.2 Å². The maximum absolute atomic E-state index is 8.69. The van der Waals surface area contributed by atoms with Gasteiger partial charge < -0.3 is 0 Å². The number of rotatable bonds is 5. The molecule has 1 aromatic carbocycles. The Hall–Kier alpha value is -1.33. The van der Waals surface area contributed by atoms with Gasteiger partial charge in [0.2, 0.25) is 0 Å². The zero-order chi connectivity index (χ0) is 12.3. The number of nitriles is 1. The Kier molecular flexibility index (Phi) is 3.81. The fourth-order valence-corrected chi connectivity index (χ4v) is 2.42. The Morgan fingerprint density at radius 2 is 1.88 bits per heavy atom. The smallest absolute Gasteiger partial charge is 0.0635 e. The number of aryl methyl sites for hydroxylation is 2. The first-order valence-electron chi connectivity index (χ1n) is 6.37. The summed E-state index contributed by atoms with van der Waals surface area (Å²) in [5, 5.41) is 8.69. The summed E-state index contributed by atoms with van der Waals surface area (Å²) in [4.78, 5) is 2.46. The molecule has 0 aromatic heterocycles. The molecule has 1 saturated carbocycles. The van der Waals surface area contributed by atoms with E-state index in [4.69, 9.17) is 5.26 Å². The van der Waals surface area contributed by atoms with Crippen molar-refractivity contribution >= 4 is 0 Å². The standard InChI is InChI=1S/C15H20N2/c1-12-8-13(2)10-14(9-12)11-17(7-3-6-16)15-4-5-15/h8-10,15H,3-5,7,11H2,1-2H3. The summed E-state index contributed by atoms with van der Waals surface area (Å²) < 4.78 is 0. The maximum Gasteiger partial charge on any atom is 0.0635 e. The molecular formula is C15H20N2. The number of nitrogens with zero attached hydrogens (tertiary/aromatic N) is 2. The molecule has 0 N–H and O–H groups in total. The van der Waals surface area contributed by atoms with E-state index in [1.54, 1.807) is 0 Å². The van der Waals surface area contributed by atoms with Crippen molar-refractivity contribution in [1.29, 1.82) is 5.26 Å². The minimum Gasteiger partial charge on any atom is -0.295 e. The topological polar surface area (TPSA) is 27.0 Å². The van der Waals surface area contributed by atoms with E-state index >= 15 is 0 Å². The van der Waals surface area contributed by atoms with Gasteiger partial charge in [0.1, 0.15) is 0 Å². The monoisotopic (exact) mass is 228 g/mol. The SMILES string of the molecule is Cc1cc(C)cc(CN(CCC#N)C2CC2)c1. The van der Waals surface area contributed by atoms with Crippen LogP contribution in [0.25, 0.3) is 0 Å². The van der Waals surface area contributed by atoms with Gasteiger partial charge in [-0.05, 0) is 32.3 Å². The summed E-state index contributed by atoms with van der Waals surface area (Å²) in [6, 6.07) is 9.70. The van der Waals surface area contributed by atoms with Crippen molar-refractivity contribution in [1.82, 2.24) is 4.90 Å². The molecule has 2 heteroatoms. The molecule has 17 heavy (non-hydrogen) atoms. The molecule has 0 radical (unpaired) electrons. The van der Waals surface area contributed by atoms with Gasteiger partial charge in [-0.25, -0.2) is 0 Å². The van der Waals surface area contributed by atoms with Crippen LogP contribution in [0.4, 0.5) is 0 Å². The molecule has 1 aliphatic rings. The number of hydrogen-bond donors (Lipinski definition) is 0. The number of hydrogen-bond acceptors (Lipinski definition) is 2. The van der Waals surface area contributed by atoms with Crippen LogP contribution in [0.5, 0.6) is 0 Å². The second kappa shape index (κ2) is 5.33. The van der Waals surface area contributed by atoms with Gasteiger partial charge in [-0.15, -0.1) is 0 Å². The highest BCUT2D eigenvalue weighted by atomic mass is 15.2. The minimum absolute atomic E-state index is 0.640. The van der Waals surface area contributed by atoms with E-state index in [9.17, 15) is 0 Å². The fourth-order valence-electron chi connectivity index (χ4n) is 2.42. The van der Waals surface area contributed by atoms with Crippen LogP contribution in [-0.4, -0.2) is 17.5 Å². The predicted molar refractivity (Wildman–Crippen MR) is 69.6 cm³/mol. The lowest BCUT2D eigenvalue weighted by Gasteiger charge is -2.21. The second-order valence-corrected chi connectivity index (χ2v) is 5.11. The zero-order valence-electron chi connectivity index (χ0n) is 10.7. The van der Waals surface area contributed by atoms with Crippen molar-refractivity contribution in [2.45, 2.75) is 45.7 Å². The van der Waals surface area contributed by atoms with Gasteiger partial charge in [0.25, 0.3) is 0 Å². The average molecular weight is 228 g/mol. The lowest BCUT2D eigenvalue weighted by molar-refractivity contribution is 0.261. The van der Waals surface area contributed by atoms with E-state index in [-0.39, 0.29) is 0 Å². The fraction of sp³-hybridized carbons (Fsp3) is 0.533. The summed E-state index contributed by atoms with van der Waals surface area (Å²) in [6.45, 7) is 6.20. The molecule has 0 bridgehead atoms. The van der Waals surface area contributed by atoms with Crippen molar-refractivity contribution < 1.29 is 0 Å². The van der Waals surface area contributed by atoms with Gasteiger partial charge in [-0.1, -0.05) is 29.3 Å². The van der Waals surface area contributed by atoms with E-state index in [0.717, 1.165) is 19.1 Å². The maximum atomic E-state index is 8.69. The van der Waals surface area contributed by atoms with Crippen LogP contribution in [0.15, 0.2) is 18.2 Å². The Bertz CT molecular complexity index is 407. The largest absolute Gasteiger partial charge is 0.295 e. The summed E-state index contributed by atoms with van der Waals surface area (Å²) >= 11 is 0. The highest BCUT2D eigenvalue weighted by Gasteiger charge is 2.28. The molecule has 0 amide bonds. The third kappa shape index (κ3) is 3.57. The van der Waals surface area contributed by atoms with E-state index in [1.807, 2.05) is 0 Å². The predicted octanol–water partition coefficient (Wildman–Crippen LogP) is 3.18. The van der Waals surface area contributed by atoms with Crippen molar-refractivity contribution in [3.63, 3.8) is 0 Å². The van der Waals surface area contributed by atoms with Gasteiger partial charge in [0, 0.05) is 25.6 Å². The summed E-state index contributed by atoms with van der Waals surface area (Å²) in [6.07, 6.45) is 3.24. The van der Waals surface area contributed by atoms with Gasteiger partial charge in [-0.2, -0.15) is 5.26 Å². The molecule has 1 aliphatic carbocycles. The quantitative estimate of drug-likeness (QED) is 0.774. The Morgan fingerprint density at radius 1 is 1.24 bits per heavy atom. The van der Waals surface area contributed by atoms with Crippen LogP contribution in [0.2, 0.25) is 0 Å². The molecule has 0 spiro atoms. The van der Waals surface area contributed by atoms with Crippen molar-refractivity contribution in [2.24, 2.45) is 0 Å². The Morgan fingerprint density at radius 3 is 2.41 bits per heavy atom. The second-order valence-electron chi connectivity index (χ2n) is 5.11. The van der Waals surface area contributed by atoms with Gasteiger partial charge in [-0.3, -0.25) is 4.90 Å². The van der Waals surface area contributed by atoms with Crippen LogP contribution >= 0.6 is 0 Å². The van der Waals surface area contributed by atoms with Crippen LogP contribution < -0.4 is 0 Å². The molecule has 0 atom stereocenters. The minimum atomic E-state index is 0.640. The van der Waals surface area contributed by atoms with Gasteiger partial charge >= 0.3 is 0 Å². The normalized spacial score (nSPS) is 14.9. The Balaban J connectivity index is 2.03. The summed E-state index contributed by atoms with van der Waals surface area (Å²) in [5.41, 5.74) is 4.04. The van der Waals surface area contributed by atoms with E-state index < -0.39 is 0 Å². The zero-order valence-corrected chi connectivity index (χ0v) is 10.7. The average Bonchev–Trinajstić information content (AvgIpc) is 3.06. The molecule has 2 rings (SSSR count). The van der Waals surface area contributed by atoms with Crippen molar-refractivity contribution in [2.75, 3.05) is 6.54 Å². The first-order valence-corrected chi connectivity index (χ1v) is 6.37. The lowest BCUT2D eigenvalue weighted by atomic mass is 10.1. The third-order valence-electron chi connectivity index (χ3n) is 3.24. The van der Waals surface area contributed by atoms with Gasteiger partial charge in [0.05, 0.1) is 6.07 Å². The van der Waals surface area contributed by atoms with Crippen molar-refractivity contribution in [3.8, 4) is 6.07 Å². The third-order valence-corrected chi connectivity index (χ3v) is 3.24. The highest BCUT2D eigenvalue weighted by molar-refractivity contribution is 5.28. The molecule has 0 heterocycles. The molecule has 0 saturated heterocycles. The van der Waals surface area contributed by atoms with E-state index in [1.165, 1.54) is 29.5 Å². The van der Waals surface area contributed by atoms with E-state index in [2.05, 4.69) is 43.0 Å². The molecule has 0 aliphatic heterocycles. The molecule has 90 valence electrons. The molecule has 1 aromatic rings. The van der Waals surface area contributed by atoms with Crippen molar-refractivity contribution in [3.05, 3.63) is 34.9 Å². The van der Waals surface area contributed by atoms with Crippen LogP contribution in [0.1, 0.15) is 36.0 Å². The molecule has 2 nitrogen and oxygen atoms in total. The lowest BCUT2D eigenvalue weighted by Crippen LogP contribution is -2.26. The van der Waals surface area contributed by atoms with Crippen LogP contribution in [0.3, 0.4) is 0 Å². The van der Waals surface area contributed by atoms with Crippen LogP contribution in [-0.2, 0) is 6.54 Å². The Labute approximate surface area is 104 Å². The first kappa shape index (κ1) is 12.1. The number of benzene rings is 1.